The smallest absolute Gasteiger partial charge is 0.320 e. The Morgan fingerprint density at radius 2 is 1.69 bits per heavy atom. The van der Waals surface area contributed by atoms with Gasteiger partial charge in [0.2, 0.25) is 5.95 Å². The van der Waals surface area contributed by atoms with Gasteiger partial charge in [-0.2, -0.15) is 5.10 Å². The minimum Gasteiger partial charge on any atom is -0.484 e. The quantitative estimate of drug-likeness (QED) is 0.178. The van der Waals surface area contributed by atoms with Crippen molar-refractivity contribution in [3.63, 3.8) is 0 Å². The zero-order chi connectivity index (χ0) is 37.4. The first-order valence-electron chi connectivity index (χ1n) is 19.3. The Kier molecular flexibility index (Phi) is 10.0. The molecule has 2 fully saturated rings. The van der Waals surface area contributed by atoms with Gasteiger partial charge < -0.3 is 19.9 Å². The molecule has 0 saturated carbocycles. The highest BCUT2D eigenvalue weighted by molar-refractivity contribution is 5.89. The van der Waals surface area contributed by atoms with Crippen LogP contribution in [0.5, 0.6) is 5.75 Å². The predicted octanol–water partition coefficient (Wildman–Crippen LogP) is 6.87. The number of nitrogens with one attached hydrogen (secondary N) is 2. The molecule has 0 bridgehead atoms. The molecule has 2 aromatic carbocycles. The van der Waals surface area contributed by atoms with Gasteiger partial charge in [-0.25, -0.2) is 13.9 Å². The van der Waals surface area contributed by atoms with Crippen molar-refractivity contribution in [3.8, 4) is 11.4 Å². The molecule has 5 aromatic rings. The van der Waals surface area contributed by atoms with Crippen molar-refractivity contribution in [2.75, 3.05) is 56.5 Å². The standard InChI is InChI=1S/C41H51FN10O2/c1-41(2,3)36-25-38(52(47-36)34-24-28(12-14-32(34)42)26-49-22-20-48(4)21-23-49)44-39(53)43-33-15-16-35(31-11-7-6-10-30(31)33)54-29-13-17-37-45-46-40(51(37)27-29)50-18-8-5-9-19-50/h6-7,10-14,17,24-25,27,33,35H,5,8-9,15-16,18-23,26H2,1-4H3,(H2,43,44,53)/t33-,35+/m0/s1. The number of benzene rings is 2. The first-order valence-corrected chi connectivity index (χ1v) is 19.3. The van der Waals surface area contributed by atoms with Crippen molar-refractivity contribution < 1.29 is 13.9 Å². The van der Waals surface area contributed by atoms with Gasteiger partial charge in [0.25, 0.3) is 0 Å². The van der Waals surface area contributed by atoms with Crippen LogP contribution in [0.25, 0.3) is 11.3 Å². The van der Waals surface area contributed by atoms with Gasteiger partial charge in [0, 0.05) is 57.3 Å². The zero-order valence-corrected chi connectivity index (χ0v) is 31.8. The molecule has 12 nitrogen and oxygen atoms in total. The largest absolute Gasteiger partial charge is 0.484 e. The molecule has 0 radical (unpaired) electrons. The zero-order valence-electron chi connectivity index (χ0n) is 31.8. The molecule has 1 aliphatic carbocycles. The van der Waals surface area contributed by atoms with Crippen LogP contribution in [0, 0.1) is 5.82 Å². The van der Waals surface area contributed by atoms with Gasteiger partial charge in [0.05, 0.1) is 17.9 Å². The molecule has 0 spiro atoms. The third-order valence-electron chi connectivity index (χ3n) is 11.0. The van der Waals surface area contributed by atoms with Crippen molar-refractivity contribution in [1.29, 1.82) is 0 Å². The molecule has 284 valence electrons. The fourth-order valence-electron chi connectivity index (χ4n) is 7.84. The van der Waals surface area contributed by atoms with E-state index in [-0.39, 0.29) is 23.6 Å². The molecule has 3 aromatic heterocycles. The average molecular weight is 735 g/mol. The van der Waals surface area contributed by atoms with Crippen LogP contribution >= 0.6 is 0 Å². The molecule has 13 heteroatoms. The Hall–Kier alpha value is -5.01. The van der Waals surface area contributed by atoms with Gasteiger partial charge in [-0.1, -0.05) is 51.1 Å². The highest BCUT2D eigenvalue weighted by Gasteiger charge is 2.31. The van der Waals surface area contributed by atoms with E-state index in [2.05, 4.69) is 75.5 Å². The summed E-state index contributed by atoms with van der Waals surface area (Å²) in [5.74, 6) is 1.60. The van der Waals surface area contributed by atoms with Crippen LogP contribution in [0.3, 0.4) is 0 Å². The summed E-state index contributed by atoms with van der Waals surface area (Å²) in [4.78, 5) is 20.8. The van der Waals surface area contributed by atoms with E-state index in [0.717, 1.165) is 98.4 Å². The Morgan fingerprint density at radius 1 is 0.907 bits per heavy atom. The van der Waals surface area contributed by atoms with Gasteiger partial charge in [-0.15, -0.1) is 10.2 Å². The minimum atomic E-state index is -0.400. The van der Waals surface area contributed by atoms with Gasteiger partial charge in [0.1, 0.15) is 29.2 Å². The van der Waals surface area contributed by atoms with E-state index in [1.54, 1.807) is 0 Å². The molecule has 2 aliphatic heterocycles. The summed E-state index contributed by atoms with van der Waals surface area (Å²) in [5.41, 5.74) is 4.57. The van der Waals surface area contributed by atoms with E-state index in [1.165, 1.54) is 17.2 Å². The second-order valence-electron chi connectivity index (χ2n) is 16.0. The maximum absolute atomic E-state index is 15.6. The summed E-state index contributed by atoms with van der Waals surface area (Å²) >= 11 is 0. The summed E-state index contributed by atoms with van der Waals surface area (Å²) in [6, 6.07) is 18.4. The lowest BCUT2D eigenvalue weighted by Gasteiger charge is -2.32. The number of amides is 2. The predicted molar refractivity (Wildman–Crippen MR) is 208 cm³/mol. The van der Waals surface area contributed by atoms with Crippen molar-refractivity contribution in [2.45, 2.75) is 77.0 Å². The van der Waals surface area contributed by atoms with Gasteiger partial charge in [0.15, 0.2) is 5.65 Å². The number of carbonyl (C=O) groups excluding carboxylic acids is 1. The maximum atomic E-state index is 15.6. The number of ether oxygens (including phenoxy) is 1. The van der Waals surface area contributed by atoms with Crippen LogP contribution in [0.2, 0.25) is 0 Å². The van der Waals surface area contributed by atoms with Crippen molar-refractivity contribution >= 4 is 23.4 Å². The number of pyridine rings is 1. The molecule has 3 aliphatic rings. The minimum absolute atomic E-state index is 0.188. The Labute approximate surface area is 316 Å². The van der Waals surface area contributed by atoms with Crippen LogP contribution in [0.1, 0.15) is 87.4 Å². The fraction of sp³-hybridized carbons (Fsp3) is 0.463. The molecule has 2 saturated heterocycles. The van der Waals surface area contributed by atoms with Gasteiger partial charge in [-0.05, 0) is 80.1 Å². The lowest BCUT2D eigenvalue weighted by atomic mass is 9.85. The lowest BCUT2D eigenvalue weighted by Crippen LogP contribution is -2.43. The number of carbonyl (C=O) groups is 1. The topological polar surface area (TPSA) is 108 Å². The summed E-state index contributed by atoms with van der Waals surface area (Å²) in [6.45, 7) is 12.8. The molecule has 54 heavy (non-hydrogen) atoms. The number of piperazine rings is 1. The van der Waals surface area contributed by atoms with E-state index in [4.69, 9.17) is 9.84 Å². The Bertz CT molecular complexity index is 2110. The van der Waals surface area contributed by atoms with Gasteiger partial charge >= 0.3 is 6.03 Å². The third kappa shape index (κ3) is 7.65. The first kappa shape index (κ1) is 36.0. The van der Waals surface area contributed by atoms with Crippen LogP contribution in [-0.2, 0) is 12.0 Å². The molecule has 0 unspecified atom stereocenters. The molecule has 5 heterocycles. The molecule has 2 atom stereocenters. The fourth-order valence-corrected chi connectivity index (χ4v) is 7.84. The maximum Gasteiger partial charge on any atom is 0.320 e. The molecular formula is C41H51FN10O2. The van der Waals surface area contributed by atoms with E-state index in [0.29, 0.717) is 24.3 Å². The second-order valence-corrected chi connectivity index (χ2v) is 16.0. The van der Waals surface area contributed by atoms with E-state index in [9.17, 15) is 4.79 Å². The second kappa shape index (κ2) is 15.0. The van der Waals surface area contributed by atoms with Crippen LogP contribution in [0.15, 0.2) is 66.9 Å². The number of aromatic nitrogens is 5. The van der Waals surface area contributed by atoms with Crippen molar-refractivity contribution in [3.05, 3.63) is 95.1 Å². The van der Waals surface area contributed by atoms with Gasteiger partial charge in [-0.3, -0.25) is 14.6 Å². The number of hydrogen-bond donors (Lipinski definition) is 2. The number of piperidine rings is 1. The molecule has 2 amide bonds. The first-order chi connectivity index (χ1) is 26.1. The molecule has 2 N–H and O–H groups in total. The summed E-state index contributed by atoms with van der Waals surface area (Å²) in [6.07, 6.45) is 6.74. The monoisotopic (exact) mass is 734 g/mol. The molecule has 8 rings (SSSR count). The number of anilines is 2. The third-order valence-corrected chi connectivity index (χ3v) is 11.0. The summed E-state index contributed by atoms with van der Waals surface area (Å²) in [7, 11) is 2.13. The number of fused-ring (bicyclic) bond motifs is 2. The number of likely N-dealkylation sites (N-methyl/N-ethyl adjacent to an activating group) is 1. The average Bonchev–Trinajstić information content (AvgIpc) is 3.79. The number of nitrogens with zero attached hydrogens (tertiary/aromatic N) is 8. The number of urea groups is 1. The highest BCUT2D eigenvalue weighted by Crippen LogP contribution is 2.39. The van der Waals surface area contributed by atoms with Crippen LogP contribution < -0.4 is 20.3 Å². The lowest BCUT2D eigenvalue weighted by molar-refractivity contribution is 0.148. The number of hydrogen-bond acceptors (Lipinski definition) is 8. The van der Waals surface area contributed by atoms with Crippen molar-refractivity contribution in [2.24, 2.45) is 0 Å². The van der Waals surface area contributed by atoms with Crippen LogP contribution in [0.4, 0.5) is 21.0 Å². The summed E-state index contributed by atoms with van der Waals surface area (Å²) in [5, 5.41) is 19.9. The highest BCUT2D eigenvalue weighted by atomic mass is 19.1. The normalized spacial score (nSPS) is 19.8. The Balaban J connectivity index is 0.993. The number of rotatable bonds is 8. The SMILES string of the molecule is CN1CCN(Cc2ccc(F)c(-n3nc(C(C)(C)C)cc3NC(=O)N[C@H]3CC[C@@H](Oc4ccc5nnc(N6CCCCC6)n5c4)c4ccccc43)c2)CC1. The van der Waals surface area contributed by atoms with Crippen molar-refractivity contribution in [1.82, 2.24) is 39.5 Å². The molecular weight excluding hydrogens is 684 g/mol. The van der Waals surface area contributed by atoms with E-state index >= 15 is 4.39 Å². The number of halogens is 1. The van der Waals surface area contributed by atoms with E-state index < -0.39 is 5.82 Å². The van der Waals surface area contributed by atoms with Crippen LogP contribution in [-0.4, -0.2) is 86.5 Å². The van der Waals surface area contributed by atoms with E-state index in [1.807, 2.05) is 53.1 Å². The summed E-state index contributed by atoms with van der Waals surface area (Å²) < 4.78 is 25.8. The Morgan fingerprint density at radius 3 is 2.46 bits per heavy atom.